The second kappa shape index (κ2) is 6.23. The lowest BCUT2D eigenvalue weighted by Crippen LogP contribution is -2.39. The lowest BCUT2D eigenvalue weighted by molar-refractivity contribution is -0.139. The van der Waals surface area contributed by atoms with Gasteiger partial charge >= 0.3 is 11.8 Å². The molecule has 0 aliphatic rings. The van der Waals surface area contributed by atoms with Crippen LogP contribution in [0.2, 0.25) is 0 Å². The van der Waals surface area contributed by atoms with Gasteiger partial charge < -0.3 is 10.6 Å². The van der Waals surface area contributed by atoms with Crippen LogP contribution in [0.5, 0.6) is 0 Å². The quantitative estimate of drug-likeness (QED) is 0.550. The summed E-state index contributed by atoms with van der Waals surface area (Å²) in [4.78, 5) is 26.5. The summed E-state index contributed by atoms with van der Waals surface area (Å²) in [6.45, 7) is 1.83. The minimum Gasteiger partial charge on any atom is -0.342 e. The lowest BCUT2D eigenvalue weighted by Gasteiger charge is -2.04. The SMILES string of the molecule is Cc1cccc(CNC(=O)C(=O)NCC#N)n1. The molecule has 0 aliphatic heterocycles. The van der Waals surface area contributed by atoms with E-state index >= 15 is 0 Å². The van der Waals surface area contributed by atoms with Gasteiger partial charge in [-0.25, -0.2) is 0 Å². The fraction of sp³-hybridized carbons (Fsp3) is 0.273. The second-order valence-corrected chi connectivity index (χ2v) is 3.29. The molecule has 1 aromatic heterocycles. The van der Waals surface area contributed by atoms with E-state index < -0.39 is 11.8 Å². The molecule has 0 saturated carbocycles. The minimum absolute atomic E-state index is 0.181. The number of carbonyl (C=O) groups is 2. The smallest absolute Gasteiger partial charge is 0.310 e. The van der Waals surface area contributed by atoms with E-state index in [2.05, 4.69) is 15.6 Å². The highest BCUT2D eigenvalue weighted by atomic mass is 16.2. The molecule has 1 aromatic rings. The summed E-state index contributed by atoms with van der Waals surface area (Å²) < 4.78 is 0. The first-order valence-corrected chi connectivity index (χ1v) is 4.99. The van der Waals surface area contributed by atoms with E-state index in [4.69, 9.17) is 5.26 Å². The first-order chi connectivity index (χ1) is 8.13. The van der Waals surface area contributed by atoms with Crippen molar-refractivity contribution in [2.24, 2.45) is 0 Å². The van der Waals surface area contributed by atoms with Crippen molar-refractivity contribution in [2.75, 3.05) is 6.54 Å². The molecule has 0 bridgehead atoms. The number of pyridine rings is 1. The summed E-state index contributed by atoms with van der Waals surface area (Å²) in [5, 5.41) is 12.8. The average molecular weight is 232 g/mol. The molecule has 2 N–H and O–H groups in total. The van der Waals surface area contributed by atoms with E-state index in [1.165, 1.54) is 0 Å². The molecule has 0 fully saturated rings. The number of nitrogens with zero attached hydrogens (tertiary/aromatic N) is 2. The van der Waals surface area contributed by atoms with Crippen LogP contribution in [0.25, 0.3) is 0 Å². The van der Waals surface area contributed by atoms with Gasteiger partial charge in [-0.3, -0.25) is 14.6 Å². The van der Waals surface area contributed by atoms with Gasteiger partial charge in [-0.2, -0.15) is 5.26 Å². The third kappa shape index (κ3) is 4.30. The van der Waals surface area contributed by atoms with Crippen molar-refractivity contribution in [3.63, 3.8) is 0 Å². The van der Waals surface area contributed by atoms with Crippen molar-refractivity contribution < 1.29 is 9.59 Å². The van der Waals surface area contributed by atoms with Crippen molar-refractivity contribution in [2.45, 2.75) is 13.5 Å². The van der Waals surface area contributed by atoms with Gasteiger partial charge in [-0.05, 0) is 19.1 Å². The van der Waals surface area contributed by atoms with E-state index in [1.807, 2.05) is 19.1 Å². The molecule has 2 amide bonds. The van der Waals surface area contributed by atoms with E-state index in [-0.39, 0.29) is 13.1 Å². The Kier molecular flexibility index (Phi) is 4.63. The van der Waals surface area contributed by atoms with Crippen molar-refractivity contribution >= 4 is 11.8 Å². The minimum atomic E-state index is -0.820. The first-order valence-electron chi connectivity index (χ1n) is 4.99. The fourth-order valence-electron chi connectivity index (χ4n) is 1.15. The zero-order chi connectivity index (χ0) is 12.7. The Morgan fingerprint density at radius 1 is 1.35 bits per heavy atom. The molecule has 0 spiro atoms. The van der Waals surface area contributed by atoms with Gasteiger partial charge in [-0.1, -0.05) is 6.07 Å². The maximum Gasteiger partial charge on any atom is 0.310 e. The topological polar surface area (TPSA) is 94.9 Å². The number of aryl methyl sites for hydroxylation is 1. The summed E-state index contributed by atoms with van der Waals surface area (Å²) >= 11 is 0. The van der Waals surface area contributed by atoms with Crippen LogP contribution in [0.4, 0.5) is 0 Å². The van der Waals surface area contributed by atoms with Crippen molar-refractivity contribution in [1.82, 2.24) is 15.6 Å². The first kappa shape index (κ1) is 12.6. The number of rotatable bonds is 3. The summed E-state index contributed by atoms with van der Waals surface area (Å²) in [5.41, 5.74) is 1.51. The van der Waals surface area contributed by atoms with Crippen molar-refractivity contribution in [3.05, 3.63) is 29.6 Å². The van der Waals surface area contributed by atoms with Crippen LogP contribution in [0.3, 0.4) is 0 Å². The molecule has 17 heavy (non-hydrogen) atoms. The van der Waals surface area contributed by atoms with Crippen LogP contribution in [0, 0.1) is 18.3 Å². The molecule has 1 rings (SSSR count). The number of aromatic nitrogens is 1. The second-order valence-electron chi connectivity index (χ2n) is 3.29. The maximum atomic E-state index is 11.2. The van der Waals surface area contributed by atoms with Crippen LogP contribution in [0.1, 0.15) is 11.4 Å². The maximum absolute atomic E-state index is 11.2. The summed E-state index contributed by atoms with van der Waals surface area (Å²) in [6, 6.07) is 7.12. The van der Waals surface area contributed by atoms with Gasteiger partial charge in [0, 0.05) is 5.69 Å². The van der Waals surface area contributed by atoms with Crippen LogP contribution in [-0.4, -0.2) is 23.3 Å². The molecule has 0 aliphatic carbocycles. The Morgan fingerprint density at radius 2 is 2.06 bits per heavy atom. The summed E-state index contributed by atoms with van der Waals surface area (Å²) in [5.74, 6) is -1.59. The van der Waals surface area contributed by atoms with E-state index in [9.17, 15) is 9.59 Å². The Labute approximate surface area is 98.7 Å². The van der Waals surface area contributed by atoms with Crippen LogP contribution in [0.15, 0.2) is 18.2 Å². The van der Waals surface area contributed by atoms with Gasteiger partial charge in [0.25, 0.3) is 0 Å². The Balaban J connectivity index is 2.43. The number of hydrogen-bond acceptors (Lipinski definition) is 4. The third-order valence-corrected chi connectivity index (χ3v) is 1.91. The van der Waals surface area contributed by atoms with Crippen LogP contribution in [-0.2, 0) is 16.1 Å². The molecule has 6 heteroatoms. The Bertz CT molecular complexity index is 465. The number of nitrogens with one attached hydrogen (secondary N) is 2. The fourth-order valence-corrected chi connectivity index (χ4v) is 1.15. The highest BCUT2D eigenvalue weighted by molar-refractivity contribution is 6.35. The van der Waals surface area contributed by atoms with E-state index in [0.717, 1.165) is 5.69 Å². The standard InChI is InChI=1S/C11H12N4O2/c1-8-3-2-4-9(15-8)7-14-11(17)10(16)13-6-5-12/h2-4H,6-7H2,1H3,(H,13,16)(H,14,17). The van der Waals surface area contributed by atoms with Gasteiger partial charge in [0.15, 0.2) is 0 Å². The molecular weight excluding hydrogens is 220 g/mol. The summed E-state index contributed by atoms with van der Waals surface area (Å²) in [6.07, 6.45) is 0. The lowest BCUT2D eigenvalue weighted by atomic mass is 10.3. The molecule has 6 nitrogen and oxygen atoms in total. The molecule has 88 valence electrons. The molecular formula is C11H12N4O2. The number of carbonyl (C=O) groups excluding carboxylic acids is 2. The van der Waals surface area contributed by atoms with Gasteiger partial charge in [-0.15, -0.1) is 0 Å². The van der Waals surface area contributed by atoms with Gasteiger partial charge in [0.1, 0.15) is 6.54 Å². The summed E-state index contributed by atoms with van der Waals surface area (Å²) in [7, 11) is 0. The van der Waals surface area contributed by atoms with Crippen molar-refractivity contribution in [3.8, 4) is 6.07 Å². The zero-order valence-corrected chi connectivity index (χ0v) is 9.36. The third-order valence-electron chi connectivity index (χ3n) is 1.91. The molecule has 0 atom stereocenters. The van der Waals surface area contributed by atoms with Crippen LogP contribution < -0.4 is 10.6 Å². The normalized spacial score (nSPS) is 9.18. The number of nitriles is 1. The number of amides is 2. The Hall–Kier alpha value is -2.42. The highest BCUT2D eigenvalue weighted by Crippen LogP contribution is 1.97. The average Bonchev–Trinajstić information content (AvgIpc) is 2.33. The van der Waals surface area contributed by atoms with E-state index in [0.29, 0.717) is 5.69 Å². The van der Waals surface area contributed by atoms with Crippen molar-refractivity contribution in [1.29, 1.82) is 5.26 Å². The van der Waals surface area contributed by atoms with Gasteiger partial charge in [0.2, 0.25) is 0 Å². The molecule has 1 heterocycles. The predicted octanol–water partition coefficient (Wildman–Crippen LogP) is -0.354. The van der Waals surface area contributed by atoms with Crippen LogP contribution >= 0.6 is 0 Å². The zero-order valence-electron chi connectivity index (χ0n) is 9.36. The molecule has 0 radical (unpaired) electrons. The molecule has 0 saturated heterocycles. The largest absolute Gasteiger partial charge is 0.342 e. The number of hydrogen-bond donors (Lipinski definition) is 2. The predicted molar refractivity (Wildman–Crippen MR) is 59.4 cm³/mol. The monoisotopic (exact) mass is 232 g/mol. The van der Waals surface area contributed by atoms with Gasteiger partial charge in [0.05, 0.1) is 18.3 Å². The molecule has 0 unspecified atom stereocenters. The molecule has 0 aromatic carbocycles. The highest BCUT2D eigenvalue weighted by Gasteiger charge is 2.11. The van der Waals surface area contributed by atoms with E-state index in [1.54, 1.807) is 12.1 Å². The Morgan fingerprint density at radius 3 is 2.71 bits per heavy atom.